The molecule has 0 atom stereocenters. The third kappa shape index (κ3) is 2.67. The Balaban J connectivity index is 2.33. The van der Waals surface area contributed by atoms with Crippen molar-refractivity contribution in [1.82, 2.24) is 4.98 Å². The summed E-state index contributed by atoms with van der Waals surface area (Å²) in [5.41, 5.74) is 8.06. The maximum atomic E-state index is 12.1. The topological polar surface area (TPSA) is 58.9 Å². The number of benzene rings is 1. The number of rotatable bonds is 2. The maximum absolute atomic E-state index is 12.1. The predicted molar refractivity (Wildman–Crippen MR) is 71.1 cm³/mol. The molecule has 0 aliphatic heterocycles. The molecule has 90 valence electrons. The first-order chi connectivity index (χ1) is 7.85. The summed E-state index contributed by atoms with van der Waals surface area (Å²) < 4.78 is 0. The van der Waals surface area contributed by atoms with Crippen LogP contribution in [0.4, 0.5) is 5.69 Å². The number of nitrogens with two attached hydrogens (primary N) is 1. The first kappa shape index (κ1) is 11.7. The fourth-order valence-electron chi connectivity index (χ4n) is 1.88. The van der Waals surface area contributed by atoms with E-state index < -0.39 is 0 Å². The predicted octanol–water partition coefficient (Wildman–Crippen LogP) is 3.37. The molecule has 17 heavy (non-hydrogen) atoms. The molecule has 0 unspecified atom stereocenters. The molecule has 0 amide bonds. The molecule has 0 bridgehead atoms. The number of anilines is 1. The van der Waals surface area contributed by atoms with Crippen molar-refractivity contribution in [1.29, 1.82) is 0 Å². The number of carbonyl (C=O) groups excluding carboxylic acids is 1. The second kappa shape index (κ2) is 3.91. The van der Waals surface area contributed by atoms with Crippen molar-refractivity contribution < 1.29 is 4.79 Å². The summed E-state index contributed by atoms with van der Waals surface area (Å²) in [5.74, 6) is 0.146. The van der Waals surface area contributed by atoms with Gasteiger partial charge in [-0.1, -0.05) is 20.8 Å². The van der Waals surface area contributed by atoms with Gasteiger partial charge in [-0.3, -0.25) is 4.79 Å². The van der Waals surface area contributed by atoms with Crippen LogP contribution in [0, 0.1) is 5.41 Å². The third-order valence-corrected chi connectivity index (χ3v) is 2.64. The quantitative estimate of drug-likeness (QED) is 0.614. The van der Waals surface area contributed by atoms with Crippen molar-refractivity contribution in [2.75, 3.05) is 5.73 Å². The van der Waals surface area contributed by atoms with Gasteiger partial charge in [-0.2, -0.15) is 0 Å². The van der Waals surface area contributed by atoms with Crippen LogP contribution in [0.15, 0.2) is 24.3 Å². The number of ketones is 1. The molecule has 0 saturated carbocycles. The first-order valence-corrected chi connectivity index (χ1v) is 5.77. The van der Waals surface area contributed by atoms with E-state index >= 15 is 0 Å². The summed E-state index contributed by atoms with van der Waals surface area (Å²) in [5, 5.41) is 0.988. The standard InChI is InChI=1S/C14H18N2O/c1-14(2,3)8-13(17)12-7-9-6-10(15)4-5-11(9)16-12/h4-7,16H,8,15H2,1-3H3. The van der Waals surface area contributed by atoms with Crippen molar-refractivity contribution in [2.45, 2.75) is 27.2 Å². The van der Waals surface area contributed by atoms with Gasteiger partial charge in [0, 0.05) is 23.0 Å². The van der Waals surface area contributed by atoms with Crippen LogP contribution in [0.5, 0.6) is 0 Å². The van der Waals surface area contributed by atoms with Gasteiger partial charge in [-0.15, -0.1) is 0 Å². The summed E-state index contributed by atoms with van der Waals surface area (Å²) >= 11 is 0. The monoisotopic (exact) mass is 230 g/mol. The molecule has 3 heteroatoms. The molecule has 0 aliphatic rings. The highest BCUT2D eigenvalue weighted by Crippen LogP contribution is 2.24. The number of Topliss-reactive ketones (excluding diaryl/α,β-unsaturated/α-hetero) is 1. The van der Waals surface area contributed by atoms with Crippen LogP contribution in [-0.2, 0) is 0 Å². The maximum Gasteiger partial charge on any atom is 0.179 e. The zero-order valence-electron chi connectivity index (χ0n) is 10.5. The Bertz CT molecular complexity index is 561. The van der Waals surface area contributed by atoms with Gasteiger partial charge < -0.3 is 10.7 Å². The molecule has 0 spiro atoms. The Labute approximate surface area is 101 Å². The summed E-state index contributed by atoms with van der Waals surface area (Å²) in [6.07, 6.45) is 0.537. The summed E-state index contributed by atoms with van der Waals surface area (Å²) in [6, 6.07) is 7.48. The highest BCUT2D eigenvalue weighted by atomic mass is 16.1. The molecule has 1 aromatic carbocycles. The first-order valence-electron chi connectivity index (χ1n) is 5.77. The van der Waals surface area contributed by atoms with E-state index in [-0.39, 0.29) is 11.2 Å². The lowest BCUT2D eigenvalue weighted by molar-refractivity contribution is 0.0936. The molecule has 3 N–H and O–H groups in total. The van der Waals surface area contributed by atoms with Crippen LogP contribution in [0.3, 0.4) is 0 Å². The molecule has 3 nitrogen and oxygen atoms in total. The molecule has 1 aromatic heterocycles. The smallest absolute Gasteiger partial charge is 0.179 e. The fraction of sp³-hybridized carbons (Fsp3) is 0.357. The average Bonchev–Trinajstić information content (AvgIpc) is 2.57. The number of nitrogens with one attached hydrogen (secondary N) is 1. The minimum Gasteiger partial charge on any atom is -0.399 e. The van der Waals surface area contributed by atoms with Crippen LogP contribution in [0.1, 0.15) is 37.7 Å². The number of nitrogen functional groups attached to an aromatic ring is 1. The molecule has 1 heterocycles. The van der Waals surface area contributed by atoms with Crippen molar-refractivity contribution in [2.24, 2.45) is 5.41 Å². The number of aromatic nitrogens is 1. The van der Waals surface area contributed by atoms with Gasteiger partial charge in [-0.05, 0) is 29.7 Å². The van der Waals surface area contributed by atoms with Crippen LogP contribution in [-0.4, -0.2) is 10.8 Å². The van der Waals surface area contributed by atoms with E-state index in [4.69, 9.17) is 5.73 Å². The summed E-state index contributed by atoms with van der Waals surface area (Å²) in [4.78, 5) is 15.2. The molecule has 0 radical (unpaired) electrons. The van der Waals surface area contributed by atoms with E-state index in [0.29, 0.717) is 17.8 Å². The van der Waals surface area contributed by atoms with E-state index in [9.17, 15) is 4.79 Å². The van der Waals surface area contributed by atoms with Crippen molar-refractivity contribution >= 4 is 22.4 Å². The molecular formula is C14H18N2O. The molecule has 2 rings (SSSR count). The van der Waals surface area contributed by atoms with E-state index in [0.717, 1.165) is 10.9 Å². The zero-order valence-corrected chi connectivity index (χ0v) is 10.5. The number of H-pyrrole nitrogens is 1. The van der Waals surface area contributed by atoms with Crippen molar-refractivity contribution in [3.8, 4) is 0 Å². The van der Waals surface area contributed by atoms with Crippen LogP contribution in [0.2, 0.25) is 0 Å². The average molecular weight is 230 g/mol. The van der Waals surface area contributed by atoms with Crippen molar-refractivity contribution in [3.63, 3.8) is 0 Å². The Morgan fingerprint density at radius 2 is 2.00 bits per heavy atom. The number of carbonyl (C=O) groups is 1. The lowest BCUT2D eigenvalue weighted by Crippen LogP contribution is -2.13. The number of hydrogen-bond donors (Lipinski definition) is 2. The second-order valence-corrected chi connectivity index (χ2v) is 5.69. The highest BCUT2D eigenvalue weighted by Gasteiger charge is 2.18. The van der Waals surface area contributed by atoms with E-state index in [1.165, 1.54) is 0 Å². The van der Waals surface area contributed by atoms with E-state index in [1.807, 2.05) is 24.3 Å². The molecule has 0 fully saturated rings. The van der Waals surface area contributed by atoms with E-state index in [2.05, 4.69) is 25.8 Å². The van der Waals surface area contributed by atoms with Gasteiger partial charge in [0.05, 0.1) is 5.69 Å². The highest BCUT2D eigenvalue weighted by molar-refractivity contribution is 6.00. The minimum absolute atomic E-state index is 0.00735. The van der Waals surface area contributed by atoms with Gasteiger partial charge in [0.25, 0.3) is 0 Å². The van der Waals surface area contributed by atoms with E-state index in [1.54, 1.807) is 0 Å². The molecule has 0 saturated heterocycles. The largest absolute Gasteiger partial charge is 0.399 e. The second-order valence-electron chi connectivity index (χ2n) is 5.69. The normalized spacial score (nSPS) is 11.9. The lowest BCUT2D eigenvalue weighted by Gasteiger charge is -2.15. The lowest BCUT2D eigenvalue weighted by atomic mass is 9.89. The van der Waals surface area contributed by atoms with Crippen LogP contribution in [0.25, 0.3) is 10.9 Å². The fourth-order valence-corrected chi connectivity index (χ4v) is 1.88. The number of aromatic amines is 1. The summed E-state index contributed by atoms with van der Waals surface area (Å²) in [7, 11) is 0. The van der Waals surface area contributed by atoms with Crippen LogP contribution >= 0.6 is 0 Å². The number of hydrogen-bond acceptors (Lipinski definition) is 2. The van der Waals surface area contributed by atoms with Gasteiger partial charge in [0.2, 0.25) is 0 Å². The Morgan fingerprint density at radius 3 is 2.65 bits per heavy atom. The molecule has 2 aromatic rings. The Kier molecular flexibility index (Phi) is 2.69. The van der Waals surface area contributed by atoms with Gasteiger partial charge in [-0.25, -0.2) is 0 Å². The number of fused-ring (bicyclic) bond motifs is 1. The zero-order chi connectivity index (χ0) is 12.6. The third-order valence-electron chi connectivity index (χ3n) is 2.64. The molecule has 0 aliphatic carbocycles. The van der Waals surface area contributed by atoms with Crippen molar-refractivity contribution in [3.05, 3.63) is 30.0 Å². The summed E-state index contributed by atoms with van der Waals surface area (Å²) in [6.45, 7) is 6.18. The van der Waals surface area contributed by atoms with Gasteiger partial charge in [0.15, 0.2) is 5.78 Å². The van der Waals surface area contributed by atoms with Gasteiger partial charge in [0.1, 0.15) is 0 Å². The molecular weight excluding hydrogens is 212 g/mol. The van der Waals surface area contributed by atoms with Gasteiger partial charge >= 0.3 is 0 Å². The van der Waals surface area contributed by atoms with Crippen LogP contribution < -0.4 is 5.73 Å². The Hall–Kier alpha value is -1.77. The Morgan fingerprint density at radius 1 is 1.29 bits per heavy atom. The minimum atomic E-state index is 0.00735. The SMILES string of the molecule is CC(C)(C)CC(=O)c1cc2cc(N)ccc2[nH]1.